The monoisotopic (exact) mass is 399 g/mol. The Bertz CT molecular complexity index is 847. The van der Waals surface area contributed by atoms with Crippen LogP contribution in [0.1, 0.15) is 40.9 Å². The summed E-state index contributed by atoms with van der Waals surface area (Å²) in [6.07, 6.45) is 0.628. The first-order valence-corrected chi connectivity index (χ1v) is 9.84. The van der Waals surface area contributed by atoms with Crippen LogP contribution < -0.4 is 14.8 Å². The second-order valence-corrected chi connectivity index (χ2v) is 6.57. The van der Waals surface area contributed by atoms with Crippen LogP contribution in [0, 0.1) is 13.8 Å². The van der Waals surface area contributed by atoms with Gasteiger partial charge in [-0.15, -0.1) is 0 Å². The maximum atomic E-state index is 12.2. The fourth-order valence-electron chi connectivity index (χ4n) is 2.83. The number of aryl methyl sites for hydroxylation is 1. The van der Waals surface area contributed by atoms with Crippen LogP contribution in [-0.4, -0.2) is 38.2 Å². The molecule has 156 valence electrons. The van der Waals surface area contributed by atoms with Crippen molar-refractivity contribution in [2.24, 2.45) is 0 Å². The third-order valence-corrected chi connectivity index (χ3v) is 4.50. The van der Waals surface area contributed by atoms with Crippen molar-refractivity contribution in [3.63, 3.8) is 0 Å². The SMILES string of the molecule is CCOc1ccc(CCNC(=O)COC(=O)c2cccc(C)c2C)cc1OCC. The van der Waals surface area contributed by atoms with E-state index in [1.54, 1.807) is 12.1 Å². The van der Waals surface area contributed by atoms with Crippen LogP contribution in [0.25, 0.3) is 0 Å². The van der Waals surface area contributed by atoms with E-state index < -0.39 is 5.97 Å². The average molecular weight is 399 g/mol. The van der Waals surface area contributed by atoms with Crippen molar-refractivity contribution in [1.82, 2.24) is 5.32 Å². The molecular weight excluding hydrogens is 370 g/mol. The second-order valence-electron chi connectivity index (χ2n) is 6.57. The number of amides is 1. The number of rotatable bonds is 10. The molecule has 0 unspecified atom stereocenters. The highest BCUT2D eigenvalue weighted by atomic mass is 16.5. The fraction of sp³-hybridized carbons (Fsp3) is 0.391. The van der Waals surface area contributed by atoms with E-state index >= 15 is 0 Å². The number of hydrogen-bond donors (Lipinski definition) is 1. The average Bonchev–Trinajstić information content (AvgIpc) is 2.70. The highest BCUT2D eigenvalue weighted by molar-refractivity contribution is 5.93. The maximum absolute atomic E-state index is 12.2. The van der Waals surface area contributed by atoms with E-state index in [4.69, 9.17) is 14.2 Å². The van der Waals surface area contributed by atoms with Gasteiger partial charge in [0.2, 0.25) is 0 Å². The van der Waals surface area contributed by atoms with Gasteiger partial charge in [0.25, 0.3) is 5.91 Å². The third kappa shape index (κ3) is 6.52. The Balaban J connectivity index is 1.81. The van der Waals surface area contributed by atoms with Crippen molar-refractivity contribution >= 4 is 11.9 Å². The molecule has 0 fully saturated rings. The molecule has 0 saturated carbocycles. The normalized spacial score (nSPS) is 10.3. The van der Waals surface area contributed by atoms with Crippen LogP contribution in [-0.2, 0) is 16.0 Å². The summed E-state index contributed by atoms with van der Waals surface area (Å²) in [7, 11) is 0. The van der Waals surface area contributed by atoms with E-state index in [0.29, 0.717) is 43.2 Å². The molecule has 0 aliphatic rings. The molecule has 0 radical (unpaired) electrons. The zero-order valence-corrected chi connectivity index (χ0v) is 17.5. The van der Waals surface area contributed by atoms with Crippen LogP contribution in [0.15, 0.2) is 36.4 Å². The molecule has 2 aromatic rings. The van der Waals surface area contributed by atoms with E-state index in [1.807, 2.05) is 52.0 Å². The number of ether oxygens (including phenoxy) is 3. The molecule has 0 atom stereocenters. The molecule has 0 aliphatic carbocycles. The predicted molar refractivity (Wildman–Crippen MR) is 112 cm³/mol. The van der Waals surface area contributed by atoms with E-state index in [0.717, 1.165) is 16.7 Å². The van der Waals surface area contributed by atoms with Gasteiger partial charge in [-0.25, -0.2) is 4.79 Å². The predicted octanol–water partition coefficient (Wildman–Crippen LogP) is 3.62. The lowest BCUT2D eigenvalue weighted by Crippen LogP contribution is -2.30. The van der Waals surface area contributed by atoms with Gasteiger partial charge >= 0.3 is 5.97 Å². The lowest BCUT2D eigenvalue weighted by atomic mass is 10.0. The van der Waals surface area contributed by atoms with Gasteiger partial charge in [0.1, 0.15) is 0 Å². The lowest BCUT2D eigenvalue weighted by molar-refractivity contribution is -0.124. The number of hydrogen-bond acceptors (Lipinski definition) is 5. The topological polar surface area (TPSA) is 73.9 Å². The zero-order chi connectivity index (χ0) is 21.2. The van der Waals surface area contributed by atoms with Gasteiger partial charge < -0.3 is 19.5 Å². The summed E-state index contributed by atoms with van der Waals surface area (Å²) in [5, 5.41) is 2.77. The summed E-state index contributed by atoms with van der Waals surface area (Å²) in [6, 6.07) is 11.2. The Morgan fingerprint density at radius 3 is 2.41 bits per heavy atom. The first-order valence-electron chi connectivity index (χ1n) is 9.84. The Morgan fingerprint density at radius 1 is 0.966 bits per heavy atom. The molecule has 0 aromatic heterocycles. The second kappa shape index (κ2) is 11.1. The summed E-state index contributed by atoms with van der Waals surface area (Å²) in [6.45, 7) is 8.87. The number of nitrogens with one attached hydrogen (secondary N) is 1. The lowest BCUT2D eigenvalue weighted by Gasteiger charge is -2.13. The highest BCUT2D eigenvalue weighted by Crippen LogP contribution is 2.28. The Labute approximate surface area is 172 Å². The Hall–Kier alpha value is -3.02. The standard InChI is InChI=1S/C23H29NO5/c1-5-27-20-11-10-18(14-21(20)28-6-2)12-13-24-22(25)15-29-23(26)19-9-7-8-16(3)17(19)4/h7-11,14H,5-6,12-13,15H2,1-4H3,(H,24,25). The summed E-state index contributed by atoms with van der Waals surface area (Å²) >= 11 is 0. The molecule has 2 aromatic carbocycles. The van der Waals surface area contributed by atoms with Crippen molar-refractivity contribution < 1.29 is 23.8 Å². The first kappa shape index (κ1) is 22.3. The molecule has 0 bridgehead atoms. The molecule has 0 aliphatic heterocycles. The van der Waals surface area contributed by atoms with Crippen LogP contribution in [0.4, 0.5) is 0 Å². The van der Waals surface area contributed by atoms with Crippen molar-refractivity contribution in [2.45, 2.75) is 34.1 Å². The minimum absolute atomic E-state index is 0.306. The van der Waals surface area contributed by atoms with Crippen LogP contribution in [0.5, 0.6) is 11.5 Å². The van der Waals surface area contributed by atoms with Gasteiger partial charge in [-0.2, -0.15) is 0 Å². The molecule has 0 heterocycles. The summed E-state index contributed by atoms with van der Waals surface area (Å²) < 4.78 is 16.3. The van der Waals surface area contributed by atoms with Gasteiger partial charge in [-0.1, -0.05) is 18.2 Å². The molecule has 1 N–H and O–H groups in total. The number of esters is 1. The Kier molecular flexibility index (Phi) is 8.52. The van der Waals surface area contributed by atoms with E-state index in [1.165, 1.54) is 0 Å². The van der Waals surface area contributed by atoms with E-state index in [9.17, 15) is 9.59 Å². The largest absolute Gasteiger partial charge is 0.490 e. The zero-order valence-electron chi connectivity index (χ0n) is 17.5. The van der Waals surface area contributed by atoms with Crippen molar-refractivity contribution in [1.29, 1.82) is 0 Å². The molecule has 6 nitrogen and oxygen atoms in total. The molecule has 0 spiro atoms. The third-order valence-electron chi connectivity index (χ3n) is 4.50. The number of carbonyl (C=O) groups is 2. The van der Waals surface area contributed by atoms with Crippen molar-refractivity contribution in [3.8, 4) is 11.5 Å². The Morgan fingerprint density at radius 2 is 1.69 bits per heavy atom. The maximum Gasteiger partial charge on any atom is 0.338 e. The smallest absolute Gasteiger partial charge is 0.338 e. The van der Waals surface area contributed by atoms with Gasteiger partial charge in [-0.3, -0.25) is 4.79 Å². The summed E-state index contributed by atoms with van der Waals surface area (Å²) in [4.78, 5) is 24.2. The van der Waals surface area contributed by atoms with Gasteiger partial charge in [0.05, 0.1) is 18.8 Å². The van der Waals surface area contributed by atoms with Crippen LogP contribution in [0.3, 0.4) is 0 Å². The molecule has 2 rings (SSSR count). The van der Waals surface area contributed by atoms with Gasteiger partial charge in [0, 0.05) is 6.54 Å². The summed E-state index contributed by atoms with van der Waals surface area (Å²) in [5.41, 5.74) is 3.37. The van der Waals surface area contributed by atoms with Gasteiger partial charge in [0.15, 0.2) is 18.1 Å². The molecule has 6 heteroatoms. The molecule has 0 saturated heterocycles. The number of benzene rings is 2. The van der Waals surface area contributed by atoms with Crippen molar-refractivity contribution in [3.05, 3.63) is 58.7 Å². The first-order chi connectivity index (χ1) is 14.0. The van der Waals surface area contributed by atoms with E-state index in [-0.39, 0.29) is 12.5 Å². The molecule has 1 amide bonds. The number of carbonyl (C=O) groups excluding carboxylic acids is 2. The molecule has 29 heavy (non-hydrogen) atoms. The quantitative estimate of drug-likeness (QED) is 0.618. The minimum atomic E-state index is -0.491. The van der Waals surface area contributed by atoms with Gasteiger partial charge in [-0.05, 0) is 69.0 Å². The minimum Gasteiger partial charge on any atom is -0.490 e. The van der Waals surface area contributed by atoms with Crippen molar-refractivity contribution in [2.75, 3.05) is 26.4 Å². The fourth-order valence-corrected chi connectivity index (χ4v) is 2.83. The van der Waals surface area contributed by atoms with E-state index in [2.05, 4.69) is 5.32 Å². The van der Waals surface area contributed by atoms with Crippen LogP contribution in [0.2, 0.25) is 0 Å². The summed E-state index contributed by atoms with van der Waals surface area (Å²) in [5.74, 6) is 0.579. The highest BCUT2D eigenvalue weighted by Gasteiger charge is 2.13. The molecular formula is C23H29NO5. The van der Waals surface area contributed by atoms with Crippen LogP contribution >= 0.6 is 0 Å².